The monoisotopic (exact) mass is 281 g/mol. The Morgan fingerprint density at radius 2 is 2.05 bits per heavy atom. The number of nitrogens with zero attached hydrogens (tertiary/aromatic N) is 1. The van der Waals surface area contributed by atoms with Crippen molar-refractivity contribution in [1.82, 2.24) is 0 Å². The molecule has 0 aromatic heterocycles. The Balaban J connectivity index is 3.08. The van der Waals surface area contributed by atoms with Crippen LogP contribution < -0.4 is 10.6 Å². The highest BCUT2D eigenvalue weighted by Crippen LogP contribution is 2.28. The maximum absolute atomic E-state index is 7.73. The van der Waals surface area contributed by atoms with Gasteiger partial charge in [0.1, 0.15) is 5.84 Å². The SMILES string of the molecule is CCCCCN(c1cccc(Cl)c1C(=N)N)C(C)C. The van der Waals surface area contributed by atoms with Crippen LogP contribution in [-0.4, -0.2) is 18.4 Å². The molecule has 3 N–H and O–H groups in total. The van der Waals surface area contributed by atoms with Gasteiger partial charge in [-0.05, 0) is 32.4 Å². The van der Waals surface area contributed by atoms with E-state index in [0.29, 0.717) is 16.6 Å². The van der Waals surface area contributed by atoms with Gasteiger partial charge in [0.25, 0.3) is 0 Å². The minimum atomic E-state index is 0.0294. The number of benzene rings is 1. The number of nitrogens with two attached hydrogens (primary N) is 1. The van der Waals surface area contributed by atoms with E-state index in [0.717, 1.165) is 18.7 Å². The Labute approximate surface area is 121 Å². The molecule has 0 aliphatic rings. The summed E-state index contributed by atoms with van der Waals surface area (Å²) >= 11 is 6.19. The van der Waals surface area contributed by atoms with Gasteiger partial charge in [-0.3, -0.25) is 5.41 Å². The number of nitrogen functional groups attached to an aromatic ring is 1. The smallest absolute Gasteiger partial charge is 0.126 e. The molecule has 0 saturated carbocycles. The van der Waals surface area contributed by atoms with E-state index in [9.17, 15) is 0 Å². The third kappa shape index (κ3) is 4.13. The zero-order valence-electron chi connectivity index (χ0n) is 12.0. The number of amidine groups is 1. The fourth-order valence-electron chi connectivity index (χ4n) is 2.21. The first-order chi connectivity index (χ1) is 8.99. The summed E-state index contributed by atoms with van der Waals surface area (Å²) in [5.41, 5.74) is 7.29. The molecule has 0 fully saturated rings. The first-order valence-corrected chi connectivity index (χ1v) is 7.26. The standard InChI is InChI=1S/C15H24ClN3/c1-4-5-6-10-19(11(2)3)13-9-7-8-12(16)14(13)15(17)18/h7-9,11H,4-6,10H2,1-3H3,(H3,17,18). The van der Waals surface area contributed by atoms with Crippen LogP contribution in [0.3, 0.4) is 0 Å². The van der Waals surface area contributed by atoms with Crippen LogP contribution in [0.1, 0.15) is 45.6 Å². The highest BCUT2D eigenvalue weighted by molar-refractivity contribution is 6.34. The second-order valence-electron chi connectivity index (χ2n) is 5.04. The van der Waals surface area contributed by atoms with E-state index in [4.69, 9.17) is 22.7 Å². The molecular weight excluding hydrogens is 258 g/mol. The first kappa shape index (κ1) is 15.8. The molecule has 106 valence electrons. The van der Waals surface area contributed by atoms with E-state index >= 15 is 0 Å². The molecule has 0 heterocycles. The van der Waals surface area contributed by atoms with Gasteiger partial charge in [-0.1, -0.05) is 37.4 Å². The van der Waals surface area contributed by atoms with E-state index in [2.05, 4.69) is 25.7 Å². The van der Waals surface area contributed by atoms with Crippen LogP contribution in [0, 0.1) is 5.41 Å². The number of hydrogen-bond donors (Lipinski definition) is 2. The van der Waals surface area contributed by atoms with E-state index in [-0.39, 0.29) is 5.84 Å². The normalized spacial score (nSPS) is 10.8. The number of hydrogen-bond acceptors (Lipinski definition) is 2. The van der Waals surface area contributed by atoms with Gasteiger partial charge in [0.2, 0.25) is 0 Å². The number of rotatable bonds is 7. The van der Waals surface area contributed by atoms with Gasteiger partial charge in [-0.2, -0.15) is 0 Å². The molecule has 4 heteroatoms. The van der Waals surface area contributed by atoms with Crippen LogP contribution >= 0.6 is 11.6 Å². The first-order valence-electron chi connectivity index (χ1n) is 6.88. The molecular formula is C15H24ClN3. The summed E-state index contributed by atoms with van der Waals surface area (Å²) in [4.78, 5) is 2.28. The van der Waals surface area contributed by atoms with E-state index in [1.54, 1.807) is 6.07 Å². The molecule has 0 saturated heterocycles. The van der Waals surface area contributed by atoms with Crippen molar-refractivity contribution >= 4 is 23.1 Å². The van der Waals surface area contributed by atoms with Gasteiger partial charge in [-0.25, -0.2) is 0 Å². The Morgan fingerprint density at radius 1 is 1.37 bits per heavy atom. The number of halogens is 1. The van der Waals surface area contributed by atoms with Crippen molar-refractivity contribution in [1.29, 1.82) is 5.41 Å². The molecule has 0 spiro atoms. The topological polar surface area (TPSA) is 53.1 Å². The maximum Gasteiger partial charge on any atom is 0.126 e. The fraction of sp³-hybridized carbons (Fsp3) is 0.533. The van der Waals surface area contributed by atoms with Gasteiger partial charge in [0, 0.05) is 18.3 Å². The fourth-order valence-corrected chi connectivity index (χ4v) is 2.48. The van der Waals surface area contributed by atoms with E-state index < -0.39 is 0 Å². The molecule has 0 aliphatic heterocycles. The van der Waals surface area contributed by atoms with Crippen LogP contribution in [0.2, 0.25) is 5.02 Å². The largest absolute Gasteiger partial charge is 0.384 e. The summed E-state index contributed by atoms with van der Waals surface area (Å²) < 4.78 is 0. The highest BCUT2D eigenvalue weighted by Gasteiger charge is 2.17. The predicted molar refractivity (Wildman–Crippen MR) is 84.5 cm³/mol. The van der Waals surface area contributed by atoms with Crippen molar-refractivity contribution in [2.75, 3.05) is 11.4 Å². The van der Waals surface area contributed by atoms with Crippen molar-refractivity contribution in [2.45, 2.75) is 46.1 Å². The minimum absolute atomic E-state index is 0.0294. The van der Waals surface area contributed by atoms with Gasteiger partial charge in [0.05, 0.1) is 10.6 Å². The van der Waals surface area contributed by atoms with Crippen molar-refractivity contribution in [3.8, 4) is 0 Å². The molecule has 0 bridgehead atoms. The van der Waals surface area contributed by atoms with Crippen molar-refractivity contribution in [3.05, 3.63) is 28.8 Å². The number of unbranched alkanes of at least 4 members (excludes halogenated alkanes) is 2. The Morgan fingerprint density at radius 3 is 2.58 bits per heavy atom. The Hall–Kier alpha value is -1.22. The van der Waals surface area contributed by atoms with Gasteiger partial charge >= 0.3 is 0 Å². The van der Waals surface area contributed by atoms with Crippen LogP contribution in [-0.2, 0) is 0 Å². The van der Waals surface area contributed by atoms with E-state index in [1.165, 1.54) is 12.8 Å². The Kier molecular flexibility index (Phi) is 6.16. The van der Waals surface area contributed by atoms with Crippen LogP contribution in [0.15, 0.2) is 18.2 Å². The van der Waals surface area contributed by atoms with Crippen molar-refractivity contribution in [2.24, 2.45) is 5.73 Å². The molecule has 0 unspecified atom stereocenters. The van der Waals surface area contributed by atoms with Crippen LogP contribution in [0.5, 0.6) is 0 Å². The summed E-state index contributed by atoms with van der Waals surface area (Å²) in [6.45, 7) is 7.46. The zero-order chi connectivity index (χ0) is 14.4. The van der Waals surface area contributed by atoms with Gasteiger partial charge in [-0.15, -0.1) is 0 Å². The summed E-state index contributed by atoms with van der Waals surface area (Å²) in [6.07, 6.45) is 3.54. The molecule has 1 aromatic carbocycles. The molecule has 0 aliphatic carbocycles. The van der Waals surface area contributed by atoms with Crippen molar-refractivity contribution < 1.29 is 0 Å². The van der Waals surface area contributed by atoms with Crippen molar-refractivity contribution in [3.63, 3.8) is 0 Å². The lowest BCUT2D eigenvalue weighted by Crippen LogP contribution is -2.33. The van der Waals surface area contributed by atoms with Gasteiger partial charge < -0.3 is 10.6 Å². The third-order valence-corrected chi connectivity index (χ3v) is 3.51. The lowest BCUT2D eigenvalue weighted by atomic mass is 10.1. The molecule has 19 heavy (non-hydrogen) atoms. The number of anilines is 1. The average Bonchev–Trinajstić information content (AvgIpc) is 2.33. The number of nitrogens with one attached hydrogen (secondary N) is 1. The predicted octanol–water partition coefficient (Wildman–Crippen LogP) is 4.03. The lowest BCUT2D eigenvalue weighted by Gasteiger charge is -2.31. The quantitative estimate of drug-likeness (QED) is 0.450. The average molecular weight is 282 g/mol. The van der Waals surface area contributed by atoms with E-state index in [1.807, 2.05) is 12.1 Å². The summed E-state index contributed by atoms with van der Waals surface area (Å²) in [6, 6.07) is 6.05. The molecule has 3 nitrogen and oxygen atoms in total. The second-order valence-corrected chi connectivity index (χ2v) is 5.45. The van der Waals surface area contributed by atoms with Gasteiger partial charge in [0.15, 0.2) is 0 Å². The third-order valence-electron chi connectivity index (χ3n) is 3.20. The summed E-state index contributed by atoms with van der Waals surface area (Å²) in [5.74, 6) is 0.0294. The minimum Gasteiger partial charge on any atom is -0.384 e. The summed E-state index contributed by atoms with van der Waals surface area (Å²) in [5, 5.41) is 8.28. The molecule has 1 rings (SSSR count). The molecule has 0 atom stereocenters. The zero-order valence-corrected chi connectivity index (χ0v) is 12.8. The maximum atomic E-state index is 7.73. The second kappa shape index (κ2) is 7.39. The molecule has 1 aromatic rings. The highest BCUT2D eigenvalue weighted by atomic mass is 35.5. The molecule has 0 amide bonds. The van der Waals surface area contributed by atoms with Crippen LogP contribution in [0.25, 0.3) is 0 Å². The van der Waals surface area contributed by atoms with Crippen LogP contribution in [0.4, 0.5) is 5.69 Å². The Bertz CT molecular complexity index is 429. The lowest BCUT2D eigenvalue weighted by molar-refractivity contribution is 0.625. The summed E-state index contributed by atoms with van der Waals surface area (Å²) in [7, 11) is 0. The molecule has 0 radical (unpaired) electrons.